The van der Waals surface area contributed by atoms with Gasteiger partial charge in [0, 0.05) is 46.0 Å². The number of aromatic nitrogens is 3. The average Bonchev–Trinajstić information content (AvgIpc) is 4.01. The maximum absolute atomic E-state index is 15.2. The molecular formula is C59H54FN3OSi+2. The number of nitrogens with zero attached hydrogens (tertiary/aromatic N) is 3. The average molecular weight is 869 g/mol. The molecule has 2 aliphatic rings. The topological polar surface area (TPSA) is 25.8 Å². The summed E-state index contributed by atoms with van der Waals surface area (Å²) in [6.07, 6.45) is 2.43. The lowest BCUT2D eigenvalue weighted by molar-refractivity contribution is -0.944. The Labute approximate surface area is 382 Å². The van der Waals surface area contributed by atoms with Crippen LogP contribution >= 0.6 is 0 Å². The summed E-state index contributed by atoms with van der Waals surface area (Å²) in [5, 5.41) is 5.43. The van der Waals surface area contributed by atoms with E-state index in [-0.39, 0.29) is 17.7 Å². The van der Waals surface area contributed by atoms with Crippen LogP contribution < -0.4 is 14.3 Å². The van der Waals surface area contributed by atoms with Crippen molar-refractivity contribution in [3.63, 3.8) is 0 Å². The number of halogens is 1. The van der Waals surface area contributed by atoms with Gasteiger partial charge in [0.2, 0.25) is 5.69 Å². The van der Waals surface area contributed by atoms with Crippen molar-refractivity contribution < 1.29 is 19.3 Å². The van der Waals surface area contributed by atoms with Crippen molar-refractivity contribution in [2.24, 2.45) is 0 Å². The highest BCUT2D eigenvalue weighted by Crippen LogP contribution is 2.54. The predicted molar refractivity (Wildman–Crippen MR) is 268 cm³/mol. The summed E-state index contributed by atoms with van der Waals surface area (Å²) in [5.41, 5.74) is 15.2. The van der Waals surface area contributed by atoms with Gasteiger partial charge < -0.3 is 4.42 Å². The molecule has 6 heteroatoms. The van der Waals surface area contributed by atoms with Crippen molar-refractivity contribution in [2.75, 3.05) is 0 Å². The van der Waals surface area contributed by atoms with E-state index in [1.165, 1.54) is 45.3 Å². The number of fused-ring (bicyclic) bond motifs is 18. The highest BCUT2D eigenvalue weighted by atomic mass is 28.3. The lowest BCUT2D eigenvalue weighted by Gasteiger charge is -2.25. The molecule has 0 bridgehead atoms. The molecule has 4 nitrogen and oxygen atoms in total. The van der Waals surface area contributed by atoms with Crippen LogP contribution in [0.5, 0.6) is 0 Å². The van der Waals surface area contributed by atoms with Gasteiger partial charge in [0.1, 0.15) is 22.7 Å². The fraction of sp³-hybridized carbons (Fsp3) is 0.220. The summed E-state index contributed by atoms with van der Waals surface area (Å²) in [7, 11) is -2.08. The molecule has 0 fully saturated rings. The van der Waals surface area contributed by atoms with E-state index in [1.54, 1.807) is 0 Å². The minimum absolute atomic E-state index is 0.169. The van der Waals surface area contributed by atoms with E-state index in [0.29, 0.717) is 5.58 Å². The van der Waals surface area contributed by atoms with Gasteiger partial charge in [0.25, 0.3) is 0 Å². The van der Waals surface area contributed by atoms with Gasteiger partial charge >= 0.3 is 11.5 Å². The van der Waals surface area contributed by atoms with E-state index in [9.17, 15) is 1.37 Å². The van der Waals surface area contributed by atoms with Crippen LogP contribution in [0.2, 0.25) is 19.6 Å². The maximum atomic E-state index is 15.2. The van der Waals surface area contributed by atoms with Gasteiger partial charge in [-0.3, -0.25) is 0 Å². The molecule has 12 rings (SSSR count). The smallest absolute Gasteiger partial charge is 0.364 e. The summed E-state index contributed by atoms with van der Waals surface area (Å²) in [4.78, 5) is 0. The van der Waals surface area contributed by atoms with Gasteiger partial charge in [-0.25, -0.2) is 4.39 Å². The standard InChI is InChI=1S/C59H54FN3OSi/c1-34(2)45-32-51-44-21-15-16-22-48(44)59(61(51)33-53(45)65(7,8)9)49-27-26-43-42-25-24-40(60)31-52(42)64-57(43)54(49)58-62(56-41-20-14-13-19-38(41)23-28-50(56)63(58)59)55-46(35(3)4)29-39(30-47(55)36(5)6)37-17-11-10-12-18-37/h10-36H,1-9H3/q+2/i34D. The maximum Gasteiger partial charge on any atom is 0.364 e. The third-order valence-electron chi connectivity index (χ3n) is 14.4. The van der Waals surface area contributed by atoms with Crippen molar-refractivity contribution in [3.8, 4) is 39.5 Å². The van der Waals surface area contributed by atoms with Crippen LogP contribution in [0.4, 0.5) is 4.39 Å². The van der Waals surface area contributed by atoms with Crippen LogP contribution in [0, 0.1) is 5.82 Å². The number of imidazole rings is 1. The molecule has 0 radical (unpaired) electrons. The Bertz CT molecular complexity index is 3670. The lowest BCUT2D eigenvalue weighted by Crippen LogP contribution is -2.72. The molecule has 0 amide bonds. The van der Waals surface area contributed by atoms with Crippen molar-refractivity contribution in [1.82, 2.24) is 4.57 Å². The highest BCUT2D eigenvalue weighted by Gasteiger charge is 2.67. The van der Waals surface area contributed by atoms with E-state index in [2.05, 4.69) is 189 Å². The molecule has 1 unspecified atom stereocenters. The molecule has 0 N–H and O–H groups in total. The van der Waals surface area contributed by atoms with E-state index < -0.39 is 19.6 Å². The summed E-state index contributed by atoms with van der Waals surface area (Å²) in [6.45, 7) is 20.5. The molecule has 7 aromatic carbocycles. The predicted octanol–water partition coefficient (Wildman–Crippen LogP) is 14.2. The van der Waals surface area contributed by atoms with Crippen LogP contribution in [0.1, 0.15) is 88.5 Å². The van der Waals surface area contributed by atoms with Crippen LogP contribution in [-0.4, -0.2) is 12.6 Å². The molecule has 3 aromatic heterocycles. The highest BCUT2D eigenvalue weighted by molar-refractivity contribution is 6.89. The number of furan rings is 1. The Morgan fingerprint density at radius 1 is 0.662 bits per heavy atom. The van der Waals surface area contributed by atoms with Crippen molar-refractivity contribution in [2.45, 2.75) is 84.6 Å². The Morgan fingerprint density at radius 2 is 1.35 bits per heavy atom. The first-order valence-electron chi connectivity index (χ1n) is 23.7. The normalized spacial score (nSPS) is 15.8. The van der Waals surface area contributed by atoms with Crippen molar-refractivity contribution in [1.29, 1.82) is 0 Å². The second-order valence-corrected chi connectivity index (χ2v) is 25.3. The van der Waals surface area contributed by atoms with Gasteiger partial charge in [-0.05, 0) is 107 Å². The van der Waals surface area contributed by atoms with Crippen LogP contribution in [0.3, 0.4) is 0 Å². The third-order valence-corrected chi connectivity index (χ3v) is 16.4. The largest absolute Gasteiger partial charge is 0.455 e. The number of rotatable bonds is 6. The Hall–Kier alpha value is -6.63. The summed E-state index contributed by atoms with van der Waals surface area (Å²) in [5.74, 6) is 0.212. The van der Waals surface area contributed by atoms with E-state index in [4.69, 9.17) is 4.42 Å². The van der Waals surface area contributed by atoms with E-state index in [0.717, 1.165) is 77.5 Å². The monoisotopic (exact) mass is 868 g/mol. The van der Waals surface area contributed by atoms with E-state index >= 15 is 4.39 Å². The second kappa shape index (κ2) is 13.9. The molecule has 1 spiro atoms. The molecule has 0 saturated heterocycles. The van der Waals surface area contributed by atoms with Crippen molar-refractivity contribution >= 4 is 57.0 Å². The second-order valence-electron chi connectivity index (χ2n) is 20.3. The number of hydrogen-bond acceptors (Lipinski definition) is 1. The fourth-order valence-electron chi connectivity index (χ4n) is 11.5. The quantitative estimate of drug-likeness (QED) is 0.121. The van der Waals surface area contributed by atoms with Gasteiger partial charge in [0.15, 0.2) is 22.8 Å². The molecule has 0 saturated carbocycles. The minimum Gasteiger partial charge on any atom is -0.455 e. The molecule has 10 aromatic rings. The zero-order chi connectivity index (χ0) is 45.8. The van der Waals surface area contributed by atoms with Gasteiger partial charge in [-0.15, -0.1) is 9.13 Å². The molecule has 1 atom stereocenters. The van der Waals surface area contributed by atoms with Crippen LogP contribution in [0.25, 0.3) is 83.2 Å². The molecule has 65 heavy (non-hydrogen) atoms. The first-order chi connectivity index (χ1) is 31.6. The SMILES string of the molecule is [2H]C(C)(C)c1cc2[n+](cc1[Si](C)(C)C)C1(c3ccccc3-2)c2ccc3c(oc4cc(F)ccc43)c2-c2n(-c3c(C(C)C)cc(-c4ccccc4)cc3C(C)C)c3c4ccccc4ccc3[n+]21. The van der Waals surface area contributed by atoms with E-state index in [1.807, 2.05) is 19.9 Å². The number of benzene rings is 7. The Morgan fingerprint density at radius 3 is 2.08 bits per heavy atom. The third kappa shape index (κ3) is 5.41. The zero-order valence-electron chi connectivity index (χ0n) is 39.6. The lowest BCUT2D eigenvalue weighted by atomic mass is 9.87. The Balaban J connectivity index is 1.36. The van der Waals surface area contributed by atoms with Gasteiger partial charge in [0.05, 0.1) is 24.8 Å². The molecule has 2 aliphatic heterocycles. The zero-order valence-corrected chi connectivity index (χ0v) is 39.6. The molecule has 0 aliphatic carbocycles. The molecular weight excluding hydrogens is 814 g/mol. The number of pyridine rings is 1. The van der Waals surface area contributed by atoms with Crippen molar-refractivity contribution in [3.05, 3.63) is 179 Å². The first-order valence-corrected chi connectivity index (χ1v) is 26.7. The van der Waals surface area contributed by atoms with Crippen LogP contribution in [-0.2, 0) is 5.66 Å². The first kappa shape index (κ1) is 38.8. The Kier molecular flexibility index (Phi) is 8.32. The summed E-state index contributed by atoms with van der Waals surface area (Å²) >= 11 is 0. The fourth-order valence-corrected chi connectivity index (χ4v) is 13.1. The minimum atomic E-state index is -2.08. The number of hydrogen-bond donors (Lipinski definition) is 0. The summed E-state index contributed by atoms with van der Waals surface area (Å²) < 4.78 is 39.6. The van der Waals surface area contributed by atoms with Gasteiger partial charge in [-0.2, -0.15) is 4.57 Å². The molecule has 5 heterocycles. The van der Waals surface area contributed by atoms with Crippen LogP contribution in [0.15, 0.2) is 150 Å². The summed E-state index contributed by atoms with van der Waals surface area (Å²) in [6, 6.07) is 49.7. The molecule has 320 valence electrons. The van der Waals surface area contributed by atoms with Gasteiger partial charge in [-0.1, -0.05) is 122 Å².